The van der Waals surface area contributed by atoms with Crippen LogP contribution < -0.4 is 5.32 Å². The van der Waals surface area contributed by atoms with E-state index in [0.29, 0.717) is 27.9 Å². The summed E-state index contributed by atoms with van der Waals surface area (Å²) in [5.74, 6) is -3.83. The molecule has 0 fully saturated rings. The molecule has 2 N–H and O–H groups in total. The molecule has 106 valence electrons. The molecule has 20 heavy (non-hydrogen) atoms. The van der Waals surface area contributed by atoms with E-state index in [0.717, 1.165) is 0 Å². The van der Waals surface area contributed by atoms with Crippen LogP contribution in [0.15, 0.2) is 45.9 Å². The van der Waals surface area contributed by atoms with Crippen molar-refractivity contribution in [2.24, 2.45) is 0 Å². The van der Waals surface area contributed by atoms with Gasteiger partial charge in [-0.05, 0) is 18.2 Å². The van der Waals surface area contributed by atoms with E-state index in [2.05, 4.69) is 5.32 Å². The van der Waals surface area contributed by atoms with Crippen molar-refractivity contribution in [3.8, 4) is 0 Å². The van der Waals surface area contributed by atoms with Crippen LogP contribution in [0, 0.1) is 0 Å². The first kappa shape index (κ1) is 14.4. The van der Waals surface area contributed by atoms with Crippen molar-refractivity contribution in [2.75, 3.05) is 5.32 Å². The summed E-state index contributed by atoms with van der Waals surface area (Å²) in [7, 11) is 0. The SMILES string of the molecule is O=C(O)c1occc1CNc1ccccc1SC(F)F. The maximum absolute atomic E-state index is 12.4. The lowest BCUT2D eigenvalue weighted by atomic mass is 10.2. The Labute approximate surface area is 117 Å². The van der Waals surface area contributed by atoms with Gasteiger partial charge in [0, 0.05) is 22.7 Å². The predicted molar refractivity (Wildman–Crippen MR) is 71.3 cm³/mol. The molecule has 0 aliphatic carbocycles. The highest BCUT2D eigenvalue weighted by Gasteiger charge is 2.14. The minimum Gasteiger partial charge on any atom is -0.475 e. The number of rotatable bonds is 6. The number of carboxylic acid groups (broad SMARTS) is 1. The van der Waals surface area contributed by atoms with E-state index >= 15 is 0 Å². The number of para-hydroxylation sites is 1. The summed E-state index contributed by atoms with van der Waals surface area (Å²) in [6.45, 7) is 0.180. The molecule has 0 radical (unpaired) electrons. The first-order chi connectivity index (χ1) is 9.58. The number of hydrogen-bond acceptors (Lipinski definition) is 4. The molecular formula is C13H11F2NO3S. The molecule has 0 amide bonds. The fourth-order valence-corrected chi connectivity index (χ4v) is 2.28. The van der Waals surface area contributed by atoms with Crippen molar-refractivity contribution in [2.45, 2.75) is 17.2 Å². The molecule has 0 saturated heterocycles. The average molecular weight is 299 g/mol. The maximum atomic E-state index is 12.4. The van der Waals surface area contributed by atoms with Crippen LogP contribution in [0.25, 0.3) is 0 Å². The lowest BCUT2D eigenvalue weighted by Crippen LogP contribution is -2.05. The Morgan fingerprint density at radius 2 is 2.10 bits per heavy atom. The number of carbonyl (C=O) groups is 1. The van der Waals surface area contributed by atoms with Crippen LogP contribution in [0.2, 0.25) is 0 Å². The van der Waals surface area contributed by atoms with Crippen LogP contribution in [-0.2, 0) is 6.54 Å². The molecule has 2 aromatic rings. The third kappa shape index (κ3) is 3.51. The summed E-state index contributed by atoms with van der Waals surface area (Å²) >= 11 is 0.437. The molecule has 0 bridgehead atoms. The molecule has 1 heterocycles. The predicted octanol–water partition coefficient (Wildman–Crippen LogP) is 3.90. The number of alkyl halides is 2. The zero-order valence-corrected chi connectivity index (χ0v) is 11.0. The molecule has 1 aromatic heterocycles. The number of carboxylic acids is 1. The fraction of sp³-hybridized carbons (Fsp3) is 0.154. The van der Waals surface area contributed by atoms with Crippen molar-refractivity contribution in [1.82, 2.24) is 0 Å². The first-order valence-electron chi connectivity index (χ1n) is 5.65. The van der Waals surface area contributed by atoms with E-state index in [9.17, 15) is 13.6 Å². The Morgan fingerprint density at radius 1 is 1.35 bits per heavy atom. The second-order valence-electron chi connectivity index (χ2n) is 3.81. The quantitative estimate of drug-likeness (QED) is 0.792. The highest BCUT2D eigenvalue weighted by molar-refractivity contribution is 7.99. The molecule has 0 saturated carbocycles. The number of hydrogen-bond donors (Lipinski definition) is 2. The van der Waals surface area contributed by atoms with Gasteiger partial charge in [0.25, 0.3) is 5.76 Å². The standard InChI is InChI=1S/C13H11F2NO3S/c14-13(15)20-10-4-2-1-3-9(10)16-7-8-5-6-19-11(8)12(17)18/h1-6,13,16H,7H2,(H,17,18). The summed E-state index contributed by atoms with van der Waals surface area (Å²) in [5.41, 5.74) is 0.977. The lowest BCUT2D eigenvalue weighted by molar-refractivity contribution is 0.0661. The summed E-state index contributed by atoms with van der Waals surface area (Å²) in [6.07, 6.45) is 1.28. The average Bonchev–Trinajstić information content (AvgIpc) is 2.85. The van der Waals surface area contributed by atoms with Crippen LogP contribution in [0.4, 0.5) is 14.5 Å². The van der Waals surface area contributed by atoms with E-state index in [4.69, 9.17) is 9.52 Å². The van der Waals surface area contributed by atoms with E-state index in [1.807, 2.05) is 0 Å². The molecule has 0 atom stereocenters. The van der Waals surface area contributed by atoms with Crippen molar-refractivity contribution < 1.29 is 23.1 Å². The number of aromatic carboxylic acids is 1. The maximum Gasteiger partial charge on any atom is 0.372 e. The zero-order chi connectivity index (χ0) is 14.5. The van der Waals surface area contributed by atoms with Crippen molar-refractivity contribution in [3.05, 3.63) is 47.9 Å². The Kier molecular flexibility index (Phi) is 4.62. The molecule has 0 unspecified atom stereocenters. The minimum absolute atomic E-state index is 0.156. The smallest absolute Gasteiger partial charge is 0.372 e. The summed E-state index contributed by atoms with van der Waals surface area (Å²) < 4.78 is 29.7. The number of nitrogens with one attached hydrogen (secondary N) is 1. The van der Waals surface area contributed by atoms with E-state index < -0.39 is 11.7 Å². The number of halogens is 2. The minimum atomic E-state index is -2.51. The Bertz CT molecular complexity index is 601. The third-order valence-corrected chi connectivity index (χ3v) is 3.30. The summed E-state index contributed by atoms with van der Waals surface area (Å²) in [5, 5.41) is 11.8. The Balaban J connectivity index is 2.11. The van der Waals surface area contributed by atoms with Crippen LogP contribution in [0.3, 0.4) is 0 Å². The number of furan rings is 1. The number of benzene rings is 1. The van der Waals surface area contributed by atoms with Gasteiger partial charge in [-0.1, -0.05) is 23.9 Å². The van der Waals surface area contributed by atoms with Crippen LogP contribution in [-0.4, -0.2) is 16.8 Å². The second-order valence-corrected chi connectivity index (χ2v) is 4.84. The van der Waals surface area contributed by atoms with Gasteiger partial charge in [-0.25, -0.2) is 4.79 Å². The number of thioether (sulfide) groups is 1. The Morgan fingerprint density at radius 3 is 2.80 bits per heavy atom. The zero-order valence-electron chi connectivity index (χ0n) is 10.2. The first-order valence-corrected chi connectivity index (χ1v) is 6.53. The van der Waals surface area contributed by atoms with Gasteiger partial charge in [0.1, 0.15) is 0 Å². The lowest BCUT2D eigenvalue weighted by Gasteiger charge is -2.10. The van der Waals surface area contributed by atoms with Gasteiger partial charge in [-0.15, -0.1) is 0 Å². The molecule has 2 rings (SSSR count). The van der Waals surface area contributed by atoms with Gasteiger partial charge < -0.3 is 14.8 Å². The monoisotopic (exact) mass is 299 g/mol. The normalized spacial score (nSPS) is 10.8. The topological polar surface area (TPSA) is 62.5 Å². The molecule has 0 aliphatic rings. The molecule has 7 heteroatoms. The van der Waals surface area contributed by atoms with Crippen molar-refractivity contribution >= 4 is 23.4 Å². The van der Waals surface area contributed by atoms with E-state index in [-0.39, 0.29) is 12.3 Å². The van der Waals surface area contributed by atoms with Gasteiger partial charge >= 0.3 is 5.97 Å². The van der Waals surface area contributed by atoms with Crippen molar-refractivity contribution in [3.63, 3.8) is 0 Å². The molecular weight excluding hydrogens is 288 g/mol. The van der Waals surface area contributed by atoms with Gasteiger partial charge in [0.15, 0.2) is 0 Å². The van der Waals surface area contributed by atoms with Gasteiger partial charge in [-0.3, -0.25) is 0 Å². The molecule has 4 nitrogen and oxygen atoms in total. The van der Waals surface area contributed by atoms with Gasteiger partial charge in [0.05, 0.1) is 6.26 Å². The molecule has 1 aromatic carbocycles. The summed E-state index contributed by atoms with van der Waals surface area (Å²) in [4.78, 5) is 11.3. The molecule has 0 aliphatic heterocycles. The van der Waals surface area contributed by atoms with E-state index in [1.165, 1.54) is 12.3 Å². The van der Waals surface area contributed by atoms with Gasteiger partial charge in [0.2, 0.25) is 5.76 Å². The fourth-order valence-electron chi connectivity index (χ4n) is 1.66. The summed E-state index contributed by atoms with van der Waals surface area (Å²) in [6, 6.07) is 8.14. The van der Waals surface area contributed by atoms with Crippen molar-refractivity contribution in [1.29, 1.82) is 0 Å². The molecule has 0 spiro atoms. The van der Waals surface area contributed by atoms with Crippen LogP contribution in [0.5, 0.6) is 0 Å². The largest absolute Gasteiger partial charge is 0.475 e. The highest BCUT2D eigenvalue weighted by Crippen LogP contribution is 2.32. The second kappa shape index (κ2) is 6.42. The van der Waals surface area contributed by atoms with Crippen LogP contribution in [0.1, 0.15) is 16.1 Å². The number of anilines is 1. The Hall–Kier alpha value is -2.02. The van der Waals surface area contributed by atoms with Gasteiger partial charge in [-0.2, -0.15) is 8.78 Å². The van der Waals surface area contributed by atoms with Crippen LogP contribution >= 0.6 is 11.8 Å². The highest BCUT2D eigenvalue weighted by atomic mass is 32.2. The van der Waals surface area contributed by atoms with E-state index in [1.54, 1.807) is 24.3 Å². The third-order valence-electron chi connectivity index (χ3n) is 2.51.